The lowest BCUT2D eigenvalue weighted by Gasteiger charge is -2.20. The van der Waals surface area contributed by atoms with Crippen LogP contribution in [0, 0.1) is 13.8 Å². The molecule has 0 unspecified atom stereocenters. The normalized spacial score (nSPS) is 15.5. The summed E-state index contributed by atoms with van der Waals surface area (Å²) in [7, 11) is 0. The van der Waals surface area contributed by atoms with Gasteiger partial charge in [-0.3, -0.25) is 5.32 Å². The van der Waals surface area contributed by atoms with Gasteiger partial charge in [0, 0.05) is 17.1 Å². The van der Waals surface area contributed by atoms with Crippen molar-refractivity contribution < 1.29 is 13.2 Å². The maximum absolute atomic E-state index is 12.7. The number of guanidine groups is 1. The lowest BCUT2D eigenvalue weighted by atomic mass is 9.96. The van der Waals surface area contributed by atoms with Gasteiger partial charge in [0.05, 0.1) is 11.6 Å². The van der Waals surface area contributed by atoms with Gasteiger partial charge in [0.2, 0.25) is 11.9 Å². The molecule has 1 fully saturated rings. The molecule has 31 heavy (non-hydrogen) atoms. The predicted octanol–water partition coefficient (Wildman–Crippen LogP) is 5.20. The summed E-state index contributed by atoms with van der Waals surface area (Å²) in [6.45, 7) is 3.75. The number of hydrogen-bond donors (Lipinski definition) is 3. The Morgan fingerprint density at radius 3 is 2.19 bits per heavy atom. The van der Waals surface area contributed by atoms with Crippen molar-refractivity contribution in [1.29, 1.82) is 0 Å². The Balaban J connectivity index is 1.72. The SMILES string of the molecule is Cc1cc(C)nc(NC(=NC2CCCCC2)NC(=S)Nc2ccc(C(F)(F)F)cc2)n1. The van der Waals surface area contributed by atoms with Crippen molar-refractivity contribution in [3.63, 3.8) is 0 Å². The molecule has 1 aromatic carbocycles. The Hall–Kier alpha value is -2.75. The molecule has 2 aromatic rings. The van der Waals surface area contributed by atoms with Crippen LogP contribution in [0.2, 0.25) is 0 Å². The van der Waals surface area contributed by atoms with Gasteiger partial charge in [-0.15, -0.1) is 0 Å². The van der Waals surface area contributed by atoms with E-state index in [0.717, 1.165) is 49.2 Å². The summed E-state index contributed by atoms with van der Waals surface area (Å²) in [5.41, 5.74) is 1.35. The third-order valence-electron chi connectivity index (χ3n) is 4.80. The maximum atomic E-state index is 12.7. The molecule has 3 rings (SSSR count). The van der Waals surface area contributed by atoms with Gasteiger partial charge in [-0.1, -0.05) is 19.3 Å². The zero-order valence-corrected chi connectivity index (χ0v) is 18.2. The van der Waals surface area contributed by atoms with Crippen molar-refractivity contribution >= 4 is 34.9 Å². The zero-order valence-electron chi connectivity index (χ0n) is 17.4. The van der Waals surface area contributed by atoms with E-state index in [9.17, 15) is 13.2 Å². The molecule has 1 saturated carbocycles. The first-order valence-electron chi connectivity index (χ1n) is 10.1. The van der Waals surface area contributed by atoms with Crippen molar-refractivity contribution in [1.82, 2.24) is 15.3 Å². The number of nitrogens with zero attached hydrogens (tertiary/aromatic N) is 3. The van der Waals surface area contributed by atoms with E-state index in [1.165, 1.54) is 18.6 Å². The number of aromatic nitrogens is 2. The molecule has 3 N–H and O–H groups in total. The molecule has 0 bridgehead atoms. The number of benzene rings is 1. The molecule has 1 aliphatic rings. The highest BCUT2D eigenvalue weighted by molar-refractivity contribution is 7.80. The van der Waals surface area contributed by atoms with Crippen LogP contribution < -0.4 is 16.0 Å². The van der Waals surface area contributed by atoms with E-state index in [4.69, 9.17) is 17.2 Å². The quantitative estimate of drug-likeness (QED) is 0.339. The molecule has 0 radical (unpaired) electrons. The van der Waals surface area contributed by atoms with Crippen molar-refractivity contribution in [3.8, 4) is 0 Å². The predicted molar refractivity (Wildman–Crippen MR) is 120 cm³/mol. The van der Waals surface area contributed by atoms with Gasteiger partial charge in [-0.05, 0) is 69.2 Å². The molecule has 166 valence electrons. The largest absolute Gasteiger partial charge is 0.416 e. The number of aliphatic imine (C=N–C) groups is 1. The highest BCUT2D eigenvalue weighted by Gasteiger charge is 2.30. The summed E-state index contributed by atoms with van der Waals surface area (Å²) >= 11 is 5.35. The first-order chi connectivity index (χ1) is 14.7. The van der Waals surface area contributed by atoms with Crippen LogP contribution in [0.5, 0.6) is 0 Å². The number of halogens is 3. The second kappa shape index (κ2) is 10.0. The fraction of sp³-hybridized carbons (Fsp3) is 0.429. The van der Waals surface area contributed by atoms with Crippen LogP contribution in [0.4, 0.5) is 24.8 Å². The molecule has 1 aliphatic carbocycles. The van der Waals surface area contributed by atoms with Gasteiger partial charge >= 0.3 is 6.18 Å². The summed E-state index contributed by atoms with van der Waals surface area (Å²) in [5, 5.41) is 9.18. The Morgan fingerprint density at radius 2 is 1.61 bits per heavy atom. The fourth-order valence-corrected chi connectivity index (χ4v) is 3.60. The van der Waals surface area contributed by atoms with E-state index < -0.39 is 11.7 Å². The summed E-state index contributed by atoms with van der Waals surface area (Å²) in [6, 6.07) is 6.69. The number of hydrogen-bond acceptors (Lipinski definition) is 4. The van der Waals surface area contributed by atoms with E-state index in [-0.39, 0.29) is 11.2 Å². The van der Waals surface area contributed by atoms with Crippen molar-refractivity contribution in [2.45, 2.75) is 58.2 Å². The van der Waals surface area contributed by atoms with E-state index in [0.29, 0.717) is 17.6 Å². The highest BCUT2D eigenvalue weighted by atomic mass is 32.1. The molecule has 1 heterocycles. The van der Waals surface area contributed by atoms with Crippen LogP contribution >= 0.6 is 12.2 Å². The minimum Gasteiger partial charge on any atom is -0.332 e. The molecule has 0 amide bonds. The third kappa shape index (κ3) is 7.16. The average Bonchev–Trinajstić information content (AvgIpc) is 2.67. The number of rotatable bonds is 3. The van der Waals surface area contributed by atoms with Gasteiger partial charge in [0.1, 0.15) is 0 Å². The van der Waals surface area contributed by atoms with Crippen molar-refractivity contribution in [2.24, 2.45) is 4.99 Å². The lowest BCUT2D eigenvalue weighted by Crippen LogP contribution is -2.40. The number of aryl methyl sites for hydroxylation is 2. The molecule has 0 spiro atoms. The standard InChI is InChI=1S/C21H25F3N6S/c1-13-12-14(2)26-18(25-13)29-19(27-16-6-4-3-5-7-16)30-20(31)28-17-10-8-15(9-11-17)21(22,23)24/h8-12,16H,3-7H2,1-2H3,(H3,25,26,27,28,29,30,31). The Morgan fingerprint density at radius 1 is 1.00 bits per heavy atom. The zero-order chi connectivity index (χ0) is 22.4. The minimum atomic E-state index is -4.38. The molecular weight excluding hydrogens is 425 g/mol. The maximum Gasteiger partial charge on any atom is 0.416 e. The van der Waals surface area contributed by atoms with Crippen LogP contribution in [0.15, 0.2) is 35.3 Å². The lowest BCUT2D eigenvalue weighted by molar-refractivity contribution is -0.137. The van der Waals surface area contributed by atoms with E-state index in [1.807, 2.05) is 19.9 Å². The van der Waals surface area contributed by atoms with Crippen molar-refractivity contribution in [3.05, 3.63) is 47.3 Å². The summed E-state index contributed by atoms with van der Waals surface area (Å²) < 4.78 is 38.2. The van der Waals surface area contributed by atoms with Gasteiger partial charge in [-0.2, -0.15) is 13.2 Å². The number of alkyl halides is 3. The van der Waals surface area contributed by atoms with Crippen molar-refractivity contribution in [2.75, 3.05) is 10.6 Å². The molecule has 0 atom stereocenters. The van der Waals surface area contributed by atoms with Gasteiger partial charge in [-0.25, -0.2) is 15.0 Å². The monoisotopic (exact) mass is 450 g/mol. The second-order valence-corrected chi connectivity index (χ2v) is 7.93. The molecule has 6 nitrogen and oxygen atoms in total. The van der Waals surface area contributed by atoms with Crippen LogP contribution in [-0.4, -0.2) is 27.1 Å². The van der Waals surface area contributed by atoms with Crippen LogP contribution in [0.25, 0.3) is 0 Å². The Kier molecular flexibility index (Phi) is 7.42. The molecular formula is C21H25F3N6S. The first-order valence-corrected chi connectivity index (χ1v) is 10.5. The summed E-state index contributed by atoms with van der Waals surface area (Å²) in [5.74, 6) is 0.804. The molecule has 10 heteroatoms. The number of thiocarbonyl (C=S) groups is 1. The van der Waals surface area contributed by atoms with E-state index in [1.54, 1.807) is 0 Å². The second-order valence-electron chi connectivity index (χ2n) is 7.52. The van der Waals surface area contributed by atoms with Crippen LogP contribution in [0.1, 0.15) is 49.1 Å². The van der Waals surface area contributed by atoms with Gasteiger partial charge in [0.25, 0.3) is 0 Å². The van der Waals surface area contributed by atoms with Gasteiger partial charge in [0.15, 0.2) is 5.11 Å². The topological polar surface area (TPSA) is 74.2 Å². The number of nitrogens with one attached hydrogen (secondary N) is 3. The van der Waals surface area contributed by atoms with Gasteiger partial charge < -0.3 is 10.6 Å². The fourth-order valence-electron chi connectivity index (χ4n) is 3.39. The molecule has 1 aromatic heterocycles. The highest BCUT2D eigenvalue weighted by Crippen LogP contribution is 2.29. The minimum absolute atomic E-state index is 0.156. The summed E-state index contributed by atoms with van der Waals surface area (Å²) in [6.07, 6.45) is 1.04. The van der Waals surface area contributed by atoms with Crippen LogP contribution in [0.3, 0.4) is 0 Å². The number of anilines is 2. The first kappa shape index (κ1) is 22.9. The molecule has 0 aliphatic heterocycles. The third-order valence-corrected chi connectivity index (χ3v) is 5.01. The average molecular weight is 451 g/mol. The Bertz CT molecular complexity index is 917. The van der Waals surface area contributed by atoms with E-state index in [2.05, 4.69) is 25.9 Å². The smallest absolute Gasteiger partial charge is 0.332 e. The summed E-state index contributed by atoms with van der Waals surface area (Å²) in [4.78, 5) is 13.5. The Labute approximate surface area is 184 Å². The van der Waals surface area contributed by atoms with E-state index >= 15 is 0 Å². The van der Waals surface area contributed by atoms with Crippen LogP contribution in [-0.2, 0) is 6.18 Å². The molecule has 0 saturated heterocycles.